The van der Waals surface area contributed by atoms with Crippen molar-refractivity contribution >= 4 is 17.7 Å². The van der Waals surface area contributed by atoms with E-state index in [1.165, 1.54) is 24.3 Å². The lowest BCUT2D eigenvalue weighted by molar-refractivity contribution is -0.137. The fourth-order valence-electron chi connectivity index (χ4n) is 6.10. The maximum Gasteiger partial charge on any atom is 0.417 e. The number of halogens is 3. The number of rotatable bonds is 9. The van der Waals surface area contributed by atoms with E-state index in [1.807, 2.05) is 6.92 Å². The Balaban J connectivity index is 1.40. The predicted octanol–water partition coefficient (Wildman–Crippen LogP) is 4.48. The average Bonchev–Trinajstić information content (AvgIpc) is 3.62. The first-order chi connectivity index (χ1) is 20.0. The number of carbonyl (C=O) groups excluding carboxylic acids is 3. The summed E-state index contributed by atoms with van der Waals surface area (Å²) in [5, 5.41) is 10.2. The van der Waals surface area contributed by atoms with Gasteiger partial charge in [0.1, 0.15) is 0 Å². The van der Waals surface area contributed by atoms with Gasteiger partial charge in [0, 0.05) is 37.5 Å². The van der Waals surface area contributed by atoms with Crippen LogP contribution >= 0.6 is 0 Å². The third-order valence-corrected chi connectivity index (χ3v) is 8.33. The van der Waals surface area contributed by atoms with Crippen LogP contribution in [0.4, 0.5) is 13.2 Å². The molecule has 2 saturated heterocycles. The lowest BCUT2D eigenvalue weighted by atomic mass is 9.99. The number of alkyl halides is 3. The largest absolute Gasteiger partial charge is 0.417 e. The normalized spacial score (nSPS) is 19.7. The van der Waals surface area contributed by atoms with Crippen molar-refractivity contribution in [3.63, 3.8) is 0 Å². The van der Waals surface area contributed by atoms with Crippen molar-refractivity contribution in [2.45, 2.75) is 88.5 Å². The quantitative estimate of drug-likeness (QED) is 0.449. The number of piperidine rings is 1. The third kappa shape index (κ3) is 6.96. The number of aromatic nitrogens is 2. The number of benzene rings is 1. The van der Waals surface area contributed by atoms with E-state index in [0.717, 1.165) is 51.0 Å². The van der Waals surface area contributed by atoms with E-state index in [4.69, 9.17) is 4.74 Å². The Kier molecular flexibility index (Phi) is 8.91. The topological polar surface area (TPSA) is 106 Å². The molecule has 1 aromatic heterocycles. The summed E-state index contributed by atoms with van der Waals surface area (Å²) < 4.78 is 48.6. The molecule has 0 radical (unpaired) electrons. The molecule has 0 unspecified atom stereocenters. The summed E-state index contributed by atoms with van der Waals surface area (Å²) in [5.41, 5.74) is -1.17. The van der Waals surface area contributed by atoms with Gasteiger partial charge in [-0.25, -0.2) is 0 Å². The number of ether oxygens (including phenoxy) is 1. The summed E-state index contributed by atoms with van der Waals surface area (Å²) in [6.07, 6.45) is 1.42. The predicted molar refractivity (Wildman–Crippen MR) is 148 cm³/mol. The number of likely N-dealkylation sites (tertiary alicyclic amines) is 1. The van der Waals surface area contributed by atoms with Gasteiger partial charge in [-0.3, -0.25) is 19.1 Å². The summed E-state index contributed by atoms with van der Waals surface area (Å²) in [4.78, 5) is 41.3. The SMILES string of the molecule is CC1(NC(=O)C[C@H](CC(=O)N2CCCCC2)NC(=O)c2cc(-c3ccccc3C(F)(F)F)n(C3CCCC3)n2)COC1. The van der Waals surface area contributed by atoms with Gasteiger partial charge in [0.05, 0.1) is 36.1 Å². The van der Waals surface area contributed by atoms with Gasteiger partial charge in [0.25, 0.3) is 5.91 Å². The van der Waals surface area contributed by atoms with Crippen LogP contribution in [0.1, 0.15) is 86.8 Å². The summed E-state index contributed by atoms with van der Waals surface area (Å²) in [6.45, 7) is 3.88. The number of nitrogens with zero attached hydrogens (tertiary/aromatic N) is 3. The Morgan fingerprint density at radius 2 is 1.74 bits per heavy atom. The first kappa shape index (κ1) is 30.1. The number of amides is 3. The lowest BCUT2D eigenvalue weighted by Crippen LogP contribution is -2.60. The molecule has 12 heteroatoms. The molecule has 9 nitrogen and oxygen atoms in total. The first-order valence-electron chi connectivity index (χ1n) is 14.8. The van der Waals surface area contributed by atoms with Gasteiger partial charge in [0.2, 0.25) is 11.8 Å². The van der Waals surface area contributed by atoms with Crippen molar-refractivity contribution in [2.75, 3.05) is 26.3 Å². The monoisotopic (exact) mass is 589 g/mol. The van der Waals surface area contributed by atoms with E-state index in [-0.39, 0.29) is 47.6 Å². The Hall–Kier alpha value is -3.41. The minimum absolute atomic E-state index is 0.0457. The minimum Gasteiger partial charge on any atom is -0.376 e. The van der Waals surface area contributed by atoms with Crippen LogP contribution in [-0.4, -0.2) is 70.3 Å². The van der Waals surface area contributed by atoms with Crippen LogP contribution in [-0.2, 0) is 20.5 Å². The van der Waals surface area contributed by atoms with Crippen molar-refractivity contribution < 1.29 is 32.3 Å². The zero-order chi connectivity index (χ0) is 29.9. The molecule has 42 heavy (non-hydrogen) atoms. The second-order valence-electron chi connectivity index (χ2n) is 12.0. The van der Waals surface area contributed by atoms with Crippen molar-refractivity contribution in [3.05, 3.63) is 41.6 Å². The number of nitrogens with one attached hydrogen (secondary N) is 2. The van der Waals surface area contributed by atoms with Crippen LogP contribution in [0.5, 0.6) is 0 Å². The van der Waals surface area contributed by atoms with Crippen molar-refractivity contribution in [3.8, 4) is 11.3 Å². The van der Waals surface area contributed by atoms with Gasteiger partial charge in [0.15, 0.2) is 5.69 Å². The third-order valence-electron chi connectivity index (χ3n) is 8.33. The Bertz CT molecular complexity index is 1290. The van der Waals surface area contributed by atoms with Crippen LogP contribution in [0, 0.1) is 0 Å². The van der Waals surface area contributed by atoms with E-state index in [9.17, 15) is 27.6 Å². The molecule has 0 bridgehead atoms. The van der Waals surface area contributed by atoms with Gasteiger partial charge >= 0.3 is 6.18 Å². The standard InChI is InChI=1S/C30H38F3N5O4/c1-29(18-42-19-29)35-26(39)15-20(16-27(40)37-13-7-2-8-14-37)34-28(41)24-17-25(38(36-24)21-9-3-4-10-21)22-11-5-6-12-23(22)30(31,32)33/h5-6,11-12,17,20-21H,2-4,7-10,13-16,18-19H2,1H3,(H,34,41)(H,35,39)/t20-/m1/s1. The number of hydrogen-bond donors (Lipinski definition) is 2. The van der Waals surface area contributed by atoms with Crippen LogP contribution in [0.25, 0.3) is 11.3 Å². The lowest BCUT2D eigenvalue weighted by Gasteiger charge is -2.39. The Labute approximate surface area is 243 Å². The molecular formula is C30H38F3N5O4. The summed E-state index contributed by atoms with van der Waals surface area (Å²) in [5.74, 6) is -1.11. The molecule has 1 aromatic carbocycles. The molecule has 3 fully saturated rings. The molecule has 2 N–H and O–H groups in total. The zero-order valence-electron chi connectivity index (χ0n) is 23.8. The molecule has 1 aliphatic carbocycles. The summed E-state index contributed by atoms with van der Waals surface area (Å²) in [6, 6.07) is 5.72. The fourth-order valence-corrected chi connectivity index (χ4v) is 6.10. The fraction of sp³-hybridized carbons (Fsp3) is 0.600. The average molecular weight is 590 g/mol. The van der Waals surface area contributed by atoms with Crippen LogP contribution < -0.4 is 10.6 Å². The first-order valence-corrected chi connectivity index (χ1v) is 14.8. The highest BCUT2D eigenvalue weighted by atomic mass is 19.4. The summed E-state index contributed by atoms with van der Waals surface area (Å²) in [7, 11) is 0. The number of hydrogen-bond acceptors (Lipinski definition) is 5. The molecule has 3 heterocycles. The zero-order valence-corrected chi connectivity index (χ0v) is 23.8. The molecule has 3 amide bonds. The molecule has 2 aliphatic heterocycles. The van der Waals surface area contributed by atoms with Crippen LogP contribution in [0.15, 0.2) is 30.3 Å². The van der Waals surface area contributed by atoms with E-state index >= 15 is 0 Å². The highest BCUT2D eigenvalue weighted by Gasteiger charge is 2.37. The molecule has 5 rings (SSSR count). The van der Waals surface area contributed by atoms with Crippen LogP contribution in [0.3, 0.4) is 0 Å². The molecule has 0 spiro atoms. The molecule has 3 aliphatic rings. The van der Waals surface area contributed by atoms with Crippen molar-refractivity contribution in [1.82, 2.24) is 25.3 Å². The van der Waals surface area contributed by atoms with Crippen molar-refractivity contribution in [2.24, 2.45) is 0 Å². The smallest absolute Gasteiger partial charge is 0.376 e. The molecule has 2 aromatic rings. The highest BCUT2D eigenvalue weighted by Crippen LogP contribution is 2.40. The van der Waals surface area contributed by atoms with Gasteiger partial charge < -0.3 is 20.3 Å². The summed E-state index contributed by atoms with van der Waals surface area (Å²) >= 11 is 0. The van der Waals surface area contributed by atoms with Gasteiger partial charge in [-0.15, -0.1) is 0 Å². The number of carbonyl (C=O) groups is 3. The highest BCUT2D eigenvalue weighted by molar-refractivity contribution is 5.94. The van der Waals surface area contributed by atoms with Gasteiger partial charge in [-0.1, -0.05) is 31.0 Å². The van der Waals surface area contributed by atoms with Gasteiger partial charge in [-0.2, -0.15) is 18.3 Å². The maximum atomic E-state index is 13.9. The van der Waals surface area contributed by atoms with Crippen molar-refractivity contribution in [1.29, 1.82) is 0 Å². The second-order valence-corrected chi connectivity index (χ2v) is 12.0. The van der Waals surface area contributed by atoms with E-state index in [0.29, 0.717) is 26.3 Å². The molecule has 1 saturated carbocycles. The Morgan fingerprint density at radius 1 is 1.05 bits per heavy atom. The maximum absolute atomic E-state index is 13.9. The van der Waals surface area contributed by atoms with E-state index in [2.05, 4.69) is 15.7 Å². The van der Waals surface area contributed by atoms with Gasteiger partial charge in [-0.05, 0) is 51.2 Å². The molecule has 1 atom stereocenters. The second kappa shape index (κ2) is 12.4. The van der Waals surface area contributed by atoms with E-state index < -0.39 is 29.2 Å². The van der Waals surface area contributed by atoms with Crippen LogP contribution in [0.2, 0.25) is 0 Å². The van der Waals surface area contributed by atoms with E-state index in [1.54, 1.807) is 9.58 Å². The Morgan fingerprint density at radius 3 is 2.38 bits per heavy atom. The minimum atomic E-state index is -4.58. The molecule has 228 valence electrons. The molecular weight excluding hydrogens is 551 g/mol.